The van der Waals surface area contributed by atoms with Gasteiger partial charge in [-0.3, -0.25) is 9.59 Å². The molecule has 2 atom stereocenters. The molecule has 39 heavy (non-hydrogen) atoms. The molecule has 0 bridgehead atoms. The van der Waals surface area contributed by atoms with E-state index in [2.05, 4.69) is 23.7 Å². The summed E-state index contributed by atoms with van der Waals surface area (Å²) < 4.78 is 12.8. The normalized spacial score (nSPS) is 19.7. The maximum Gasteiger partial charge on any atom is 0.290 e. The number of rotatable bonds is 10. The van der Waals surface area contributed by atoms with Gasteiger partial charge in [-0.1, -0.05) is 26.0 Å². The number of piperidine rings is 1. The number of aromatic nitrogens is 2. The fourth-order valence-electron chi connectivity index (χ4n) is 5.47. The Balaban J connectivity index is 0.00000267. The number of nitrogens with zero attached hydrogens (tertiary/aromatic N) is 4. The number of aryl methyl sites for hydroxylation is 1. The van der Waals surface area contributed by atoms with Gasteiger partial charge < -0.3 is 29.2 Å². The average Bonchev–Trinajstić information content (AvgIpc) is 3.07. The summed E-state index contributed by atoms with van der Waals surface area (Å²) in [4.78, 5) is 36.3. The van der Waals surface area contributed by atoms with Gasteiger partial charge in [0.2, 0.25) is 5.91 Å². The number of carbonyl (C=O) groups excluding carboxylic acids is 2. The van der Waals surface area contributed by atoms with Crippen molar-refractivity contribution in [3.63, 3.8) is 0 Å². The molecule has 0 radical (unpaired) electrons. The number of hydrogen-bond acceptors (Lipinski definition) is 6. The highest BCUT2D eigenvalue weighted by molar-refractivity contribution is 5.95. The van der Waals surface area contributed by atoms with E-state index in [1.54, 1.807) is 7.11 Å². The zero-order valence-electron chi connectivity index (χ0n) is 23.5. The van der Waals surface area contributed by atoms with E-state index in [0.29, 0.717) is 70.7 Å². The lowest BCUT2D eigenvalue weighted by molar-refractivity contribution is -0.136. The maximum atomic E-state index is 14.2. The van der Waals surface area contributed by atoms with Gasteiger partial charge in [0.05, 0.1) is 23.6 Å². The number of amides is 2. The lowest BCUT2D eigenvalue weighted by Gasteiger charge is -2.39. The van der Waals surface area contributed by atoms with Gasteiger partial charge in [-0.2, -0.15) is 0 Å². The second-order valence-electron chi connectivity index (χ2n) is 10.7. The van der Waals surface area contributed by atoms with Gasteiger partial charge in [0, 0.05) is 65.6 Å². The third-order valence-corrected chi connectivity index (χ3v) is 7.30. The van der Waals surface area contributed by atoms with Crippen LogP contribution in [-0.4, -0.2) is 96.9 Å². The van der Waals surface area contributed by atoms with E-state index in [0.717, 1.165) is 36.8 Å². The van der Waals surface area contributed by atoms with Crippen LogP contribution in [0.2, 0.25) is 0 Å². The number of fused-ring (bicyclic) bond motifs is 1. The molecule has 0 saturated carbocycles. The third kappa shape index (κ3) is 8.54. The molecule has 220 valence electrons. The largest absolute Gasteiger partial charge is 0.385 e. The van der Waals surface area contributed by atoms with E-state index >= 15 is 0 Å². The number of benzene rings is 1. The summed E-state index contributed by atoms with van der Waals surface area (Å²) in [6.07, 6.45) is 3.35. The molecule has 2 aromatic rings. The van der Waals surface area contributed by atoms with Crippen molar-refractivity contribution in [1.82, 2.24) is 24.7 Å². The highest BCUT2D eigenvalue weighted by Gasteiger charge is 2.36. The molecule has 9 nitrogen and oxygen atoms in total. The number of hydrogen-bond donors (Lipinski definition) is 1. The molecule has 2 aliphatic rings. The van der Waals surface area contributed by atoms with Crippen molar-refractivity contribution in [2.24, 2.45) is 11.8 Å². The van der Waals surface area contributed by atoms with Gasteiger partial charge in [0.15, 0.2) is 5.82 Å². The van der Waals surface area contributed by atoms with Crippen LogP contribution in [0.15, 0.2) is 24.3 Å². The second-order valence-corrected chi connectivity index (χ2v) is 10.7. The first-order chi connectivity index (χ1) is 18.0. The van der Waals surface area contributed by atoms with Crippen LogP contribution < -0.4 is 5.32 Å². The van der Waals surface area contributed by atoms with Gasteiger partial charge in [-0.25, -0.2) is 4.98 Å². The number of imidazole rings is 1. The molecule has 2 saturated heterocycles. The molecule has 4 rings (SSSR count). The third-order valence-electron chi connectivity index (χ3n) is 7.30. The van der Waals surface area contributed by atoms with Gasteiger partial charge in [0.1, 0.15) is 0 Å². The molecule has 1 aromatic heterocycles. The molecule has 3 heterocycles. The average molecular weight is 587 g/mol. The van der Waals surface area contributed by atoms with E-state index in [4.69, 9.17) is 14.5 Å². The smallest absolute Gasteiger partial charge is 0.290 e. The van der Waals surface area contributed by atoms with E-state index in [1.165, 1.54) is 0 Å². The Bertz CT molecular complexity index is 1040. The molecule has 0 aliphatic carbocycles. The Morgan fingerprint density at radius 1 is 1.15 bits per heavy atom. The van der Waals surface area contributed by atoms with Crippen molar-refractivity contribution in [2.45, 2.75) is 52.1 Å². The zero-order valence-corrected chi connectivity index (χ0v) is 25.1. The Hall–Kier alpha value is -1.91. The standard InChI is InChI=1S/C28H43N5O4.2ClH/c1-21(2)20-33(23-17-22(18-29-19-23)27(34)31-11-8-15-37-16-13-31)28(35)26-30-24-9-4-5-10-25(24)32(26)12-6-7-14-36-3;;/h4-5,9-10,21-23,29H,6-8,11-20H2,1-3H3;2*1H/t22?,23-;;/m0../s1. The van der Waals surface area contributed by atoms with Crippen molar-refractivity contribution in [2.75, 3.05) is 59.7 Å². The fraction of sp³-hybridized carbons (Fsp3) is 0.679. The summed E-state index contributed by atoms with van der Waals surface area (Å²) in [5.74, 6) is 0.747. The summed E-state index contributed by atoms with van der Waals surface area (Å²) in [5, 5.41) is 3.46. The number of halogens is 2. The first kappa shape index (κ1) is 33.3. The molecule has 0 spiro atoms. The lowest BCUT2D eigenvalue weighted by atomic mass is 9.92. The quantitative estimate of drug-likeness (QED) is 0.428. The Labute approximate surface area is 244 Å². The first-order valence-electron chi connectivity index (χ1n) is 13.8. The van der Waals surface area contributed by atoms with Crippen LogP contribution in [-0.2, 0) is 20.8 Å². The molecule has 2 aliphatic heterocycles. The lowest BCUT2D eigenvalue weighted by Crippen LogP contribution is -2.55. The van der Waals surface area contributed by atoms with E-state index < -0.39 is 0 Å². The summed E-state index contributed by atoms with van der Waals surface area (Å²) in [7, 11) is 1.71. The Kier molecular flexibility index (Phi) is 14.0. The summed E-state index contributed by atoms with van der Waals surface area (Å²) in [6, 6.07) is 7.88. The van der Waals surface area contributed by atoms with Crippen LogP contribution in [0.25, 0.3) is 11.0 Å². The Morgan fingerprint density at radius 2 is 1.95 bits per heavy atom. The fourth-order valence-corrected chi connectivity index (χ4v) is 5.47. The molecule has 2 fully saturated rings. The van der Waals surface area contributed by atoms with Crippen molar-refractivity contribution < 1.29 is 19.1 Å². The van der Waals surface area contributed by atoms with Crippen LogP contribution in [0.3, 0.4) is 0 Å². The van der Waals surface area contributed by atoms with E-state index in [9.17, 15) is 9.59 Å². The second kappa shape index (κ2) is 16.4. The molecule has 11 heteroatoms. The minimum Gasteiger partial charge on any atom is -0.385 e. The Morgan fingerprint density at radius 3 is 2.72 bits per heavy atom. The van der Waals surface area contributed by atoms with Crippen LogP contribution in [0.4, 0.5) is 0 Å². The van der Waals surface area contributed by atoms with E-state index in [1.807, 2.05) is 34.1 Å². The van der Waals surface area contributed by atoms with Crippen molar-refractivity contribution >= 4 is 47.7 Å². The highest BCUT2D eigenvalue weighted by atomic mass is 35.5. The van der Waals surface area contributed by atoms with Crippen LogP contribution in [0.5, 0.6) is 0 Å². The number of carbonyl (C=O) groups is 2. The maximum absolute atomic E-state index is 14.2. The zero-order chi connectivity index (χ0) is 26.2. The molecule has 1 N–H and O–H groups in total. The van der Waals surface area contributed by atoms with Crippen LogP contribution >= 0.6 is 24.8 Å². The van der Waals surface area contributed by atoms with Crippen molar-refractivity contribution in [3.8, 4) is 0 Å². The van der Waals surface area contributed by atoms with Crippen LogP contribution in [0.1, 0.15) is 50.1 Å². The number of para-hydroxylation sites is 2. The van der Waals surface area contributed by atoms with Gasteiger partial charge in [0.25, 0.3) is 5.91 Å². The molecular formula is C28H45Cl2N5O4. The molecule has 1 unspecified atom stereocenters. The molecular weight excluding hydrogens is 541 g/mol. The molecule has 2 amide bonds. The number of nitrogens with one attached hydrogen (secondary N) is 1. The van der Waals surface area contributed by atoms with Crippen LogP contribution in [0, 0.1) is 11.8 Å². The minimum absolute atomic E-state index is 0. The van der Waals surface area contributed by atoms with E-state index in [-0.39, 0.29) is 48.6 Å². The number of unbranched alkanes of at least 4 members (excludes halogenated alkanes) is 1. The van der Waals surface area contributed by atoms with Crippen molar-refractivity contribution in [1.29, 1.82) is 0 Å². The minimum atomic E-state index is -0.146. The number of methoxy groups -OCH3 is 1. The SMILES string of the molecule is COCCCCn1c(C(=O)N(CC(C)C)[C@@H]2CNCC(C(=O)N3CCCOCC3)C2)nc2ccccc21.Cl.Cl. The number of ether oxygens (including phenoxy) is 2. The predicted molar refractivity (Wildman–Crippen MR) is 158 cm³/mol. The van der Waals surface area contributed by atoms with Gasteiger partial charge >= 0.3 is 0 Å². The van der Waals surface area contributed by atoms with Gasteiger partial charge in [-0.15, -0.1) is 24.8 Å². The predicted octanol–water partition coefficient (Wildman–Crippen LogP) is 3.63. The summed E-state index contributed by atoms with van der Waals surface area (Å²) >= 11 is 0. The first-order valence-corrected chi connectivity index (χ1v) is 13.8. The monoisotopic (exact) mass is 585 g/mol. The highest BCUT2D eigenvalue weighted by Crippen LogP contribution is 2.24. The topological polar surface area (TPSA) is 88.9 Å². The molecule has 1 aromatic carbocycles. The van der Waals surface area contributed by atoms with Gasteiger partial charge in [-0.05, 0) is 43.7 Å². The summed E-state index contributed by atoms with van der Waals surface area (Å²) in [6.45, 7) is 10.3. The summed E-state index contributed by atoms with van der Waals surface area (Å²) in [5.41, 5.74) is 1.81. The van der Waals surface area contributed by atoms with Crippen molar-refractivity contribution in [3.05, 3.63) is 30.1 Å².